The second-order valence-electron chi connectivity index (χ2n) is 5.92. The molecule has 1 aliphatic rings. The Labute approximate surface area is 126 Å². The van der Waals surface area contributed by atoms with Crippen LogP contribution in [0.25, 0.3) is 0 Å². The number of alkyl halides is 2. The standard InChI is InChI=1S/C17H26F2N2/c1-2-3-11-21(13-16-5-4-10-20-16)12-14-6-8-15(9-7-14)17(18)19/h6-9,16-17,20H,2-5,10-13H2,1H3. The van der Waals surface area contributed by atoms with Crippen molar-refractivity contribution in [1.82, 2.24) is 10.2 Å². The number of nitrogens with zero attached hydrogens (tertiary/aromatic N) is 1. The van der Waals surface area contributed by atoms with Crippen LogP contribution in [0.5, 0.6) is 0 Å². The molecule has 2 rings (SSSR count). The van der Waals surface area contributed by atoms with Crippen molar-refractivity contribution < 1.29 is 8.78 Å². The van der Waals surface area contributed by atoms with E-state index >= 15 is 0 Å². The molecule has 1 aromatic carbocycles. The molecule has 21 heavy (non-hydrogen) atoms. The number of nitrogens with one attached hydrogen (secondary N) is 1. The minimum absolute atomic E-state index is 0.108. The molecule has 118 valence electrons. The number of benzene rings is 1. The first kappa shape index (κ1) is 16.4. The summed E-state index contributed by atoms with van der Waals surface area (Å²) >= 11 is 0. The molecule has 0 radical (unpaired) electrons. The molecule has 1 unspecified atom stereocenters. The van der Waals surface area contributed by atoms with Gasteiger partial charge in [0, 0.05) is 24.7 Å². The summed E-state index contributed by atoms with van der Waals surface area (Å²) in [6.45, 7) is 6.29. The largest absolute Gasteiger partial charge is 0.313 e. The molecule has 1 N–H and O–H groups in total. The molecule has 2 nitrogen and oxygen atoms in total. The number of unbranched alkanes of at least 4 members (excludes halogenated alkanes) is 1. The third kappa shape index (κ3) is 5.36. The highest BCUT2D eigenvalue weighted by Crippen LogP contribution is 2.19. The van der Waals surface area contributed by atoms with Gasteiger partial charge in [0.1, 0.15) is 0 Å². The fourth-order valence-electron chi connectivity index (χ4n) is 2.87. The first-order valence-corrected chi connectivity index (χ1v) is 8.01. The van der Waals surface area contributed by atoms with Crippen molar-refractivity contribution in [2.24, 2.45) is 0 Å². The highest BCUT2D eigenvalue weighted by Gasteiger charge is 2.18. The average Bonchev–Trinajstić information content (AvgIpc) is 2.98. The molecule has 1 heterocycles. The van der Waals surface area contributed by atoms with Gasteiger partial charge in [0.2, 0.25) is 0 Å². The zero-order chi connectivity index (χ0) is 15.1. The lowest BCUT2D eigenvalue weighted by Crippen LogP contribution is -2.37. The molecule has 1 aromatic rings. The Hall–Kier alpha value is -1.00. The van der Waals surface area contributed by atoms with E-state index in [1.807, 2.05) is 12.1 Å². The third-order valence-corrected chi connectivity index (χ3v) is 4.11. The van der Waals surface area contributed by atoms with Gasteiger partial charge in [-0.3, -0.25) is 4.90 Å². The molecule has 1 fully saturated rings. The van der Waals surface area contributed by atoms with Gasteiger partial charge in [-0.05, 0) is 37.9 Å². The van der Waals surface area contributed by atoms with Gasteiger partial charge in [-0.2, -0.15) is 0 Å². The van der Waals surface area contributed by atoms with Crippen molar-refractivity contribution in [3.05, 3.63) is 35.4 Å². The van der Waals surface area contributed by atoms with Crippen LogP contribution in [-0.4, -0.2) is 30.6 Å². The van der Waals surface area contributed by atoms with E-state index in [0.29, 0.717) is 6.04 Å². The molecule has 0 bridgehead atoms. The summed E-state index contributed by atoms with van der Waals surface area (Å²) in [5.41, 5.74) is 1.23. The maximum atomic E-state index is 12.6. The van der Waals surface area contributed by atoms with Crippen LogP contribution in [0.15, 0.2) is 24.3 Å². The molecule has 1 saturated heterocycles. The van der Waals surface area contributed by atoms with E-state index in [4.69, 9.17) is 0 Å². The summed E-state index contributed by atoms with van der Waals surface area (Å²) < 4.78 is 25.2. The van der Waals surface area contributed by atoms with Crippen molar-refractivity contribution in [2.75, 3.05) is 19.6 Å². The number of hydrogen-bond donors (Lipinski definition) is 1. The summed E-state index contributed by atoms with van der Waals surface area (Å²) in [4.78, 5) is 2.45. The van der Waals surface area contributed by atoms with E-state index in [1.54, 1.807) is 12.1 Å². The smallest absolute Gasteiger partial charge is 0.263 e. The third-order valence-electron chi connectivity index (χ3n) is 4.11. The Morgan fingerprint density at radius 3 is 2.62 bits per heavy atom. The van der Waals surface area contributed by atoms with E-state index < -0.39 is 6.43 Å². The maximum Gasteiger partial charge on any atom is 0.263 e. The Bertz CT molecular complexity index is 400. The highest BCUT2D eigenvalue weighted by molar-refractivity contribution is 5.23. The van der Waals surface area contributed by atoms with E-state index in [-0.39, 0.29) is 5.56 Å². The van der Waals surface area contributed by atoms with Gasteiger partial charge in [-0.1, -0.05) is 37.6 Å². The molecule has 1 aliphatic heterocycles. The van der Waals surface area contributed by atoms with E-state index in [0.717, 1.165) is 31.7 Å². The van der Waals surface area contributed by atoms with Crippen LogP contribution in [-0.2, 0) is 6.54 Å². The van der Waals surface area contributed by atoms with Gasteiger partial charge in [-0.15, -0.1) is 0 Å². The van der Waals surface area contributed by atoms with Crippen LogP contribution < -0.4 is 5.32 Å². The summed E-state index contributed by atoms with van der Waals surface area (Å²) in [7, 11) is 0. The number of halogens is 2. The summed E-state index contributed by atoms with van der Waals surface area (Å²) in [6, 6.07) is 7.35. The maximum absolute atomic E-state index is 12.6. The van der Waals surface area contributed by atoms with E-state index in [2.05, 4.69) is 17.1 Å². The van der Waals surface area contributed by atoms with E-state index in [1.165, 1.54) is 25.7 Å². The van der Waals surface area contributed by atoms with Crippen LogP contribution >= 0.6 is 0 Å². The van der Waals surface area contributed by atoms with Crippen molar-refractivity contribution in [3.8, 4) is 0 Å². The predicted molar refractivity (Wildman–Crippen MR) is 82.6 cm³/mol. The normalized spacial score (nSPS) is 18.8. The Morgan fingerprint density at radius 1 is 1.29 bits per heavy atom. The molecular formula is C17H26F2N2. The molecule has 0 spiro atoms. The monoisotopic (exact) mass is 296 g/mol. The van der Waals surface area contributed by atoms with E-state index in [9.17, 15) is 8.78 Å². The molecule has 0 amide bonds. The molecular weight excluding hydrogens is 270 g/mol. The van der Waals surface area contributed by atoms with Crippen LogP contribution in [0.2, 0.25) is 0 Å². The highest BCUT2D eigenvalue weighted by atomic mass is 19.3. The van der Waals surface area contributed by atoms with Crippen LogP contribution in [0.4, 0.5) is 8.78 Å². The lowest BCUT2D eigenvalue weighted by atomic mass is 10.1. The zero-order valence-corrected chi connectivity index (χ0v) is 12.8. The van der Waals surface area contributed by atoms with Crippen LogP contribution in [0.3, 0.4) is 0 Å². The van der Waals surface area contributed by atoms with Crippen molar-refractivity contribution in [3.63, 3.8) is 0 Å². The first-order valence-electron chi connectivity index (χ1n) is 8.01. The number of rotatable bonds is 8. The topological polar surface area (TPSA) is 15.3 Å². The van der Waals surface area contributed by atoms with Gasteiger partial charge >= 0.3 is 0 Å². The second-order valence-corrected chi connectivity index (χ2v) is 5.92. The lowest BCUT2D eigenvalue weighted by Gasteiger charge is -2.25. The quantitative estimate of drug-likeness (QED) is 0.780. The van der Waals surface area contributed by atoms with Gasteiger partial charge in [0.25, 0.3) is 6.43 Å². The molecule has 4 heteroatoms. The lowest BCUT2D eigenvalue weighted by molar-refractivity contribution is 0.151. The molecule has 0 saturated carbocycles. The zero-order valence-electron chi connectivity index (χ0n) is 12.8. The Morgan fingerprint density at radius 2 is 2.05 bits per heavy atom. The fourth-order valence-corrected chi connectivity index (χ4v) is 2.87. The van der Waals surface area contributed by atoms with Crippen LogP contribution in [0.1, 0.15) is 50.2 Å². The number of hydrogen-bond acceptors (Lipinski definition) is 2. The SMILES string of the molecule is CCCCN(Cc1ccc(C(F)F)cc1)CC1CCCN1. The Kier molecular flexibility index (Phi) is 6.58. The van der Waals surface area contributed by atoms with Crippen molar-refractivity contribution in [2.45, 2.75) is 51.6 Å². The molecule has 1 atom stereocenters. The summed E-state index contributed by atoms with van der Waals surface area (Å²) in [5.74, 6) is 0. The predicted octanol–water partition coefficient (Wildman–Crippen LogP) is 3.98. The first-order chi connectivity index (χ1) is 10.2. The van der Waals surface area contributed by atoms with Crippen LogP contribution in [0, 0.1) is 0 Å². The van der Waals surface area contributed by atoms with Gasteiger partial charge in [0.05, 0.1) is 0 Å². The molecule has 0 aliphatic carbocycles. The minimum atomic E-state index is -2.38. The van der Waals surface area contributed by atoms with Gasteiger partial charge in [-0.25, -0.2) is 8.78 Å². The minimum Gasteiger partial charge on any atom is -0.313 e. The van der Waals surface area contributed by atoms with Crippen molar-refractivity contribution in [1.29, 1.82) is 0 Å². The molecule has 0 aromatic heterocycles. The Balaban J connectivity index is 1.92. The fraction of sp³-hybridized carbons (Fsp3) is 0.647. The second kappa shape index (κ2) is 8.44. The summed E-state index contributed by atoms with van der Waals surface area (Å²) in [6.07, 6.45) is 2.49. The average molecular weight is 296 g/mol. The van der Waals surface area contributed by atoms with Gasteiger partial charge in [0.15, 0.2) is 0 Å². The van der Waals surface area contributed by atoms with Crippen molar-refractivity contribution >= 4 is 0 Å². The van der Waals surface area contributed by atoms with Gasteiger partial charge < -0.3 is 5.32 Å². The summed E-state index contributed by atoms with van der Waals surface area (Å²) in [5, 5.41) is 3.53.